The van der Waals surface area contributed by atoms with Gasteiger partial charge in [-0.25, -0.2) is 0 Å². The number of ether oxygens (including phenoxy) is 1. The zero-order chi connectivity index (χ0) is 13.9. The quantitative estimate of drug-likeness (QED) is 0.277. The maximum Gasteiger partial charge on any atom is 0.191 e. The van der Waals surface area contributed by atoms with E-state index in [9.17, 15) is 0 Å². The van der Waals surface area contributed by atoms with Crippen molar-refractivity contribution in [1.29, 1.82) is 0 Å². The summed E-state index contributed by atoms with van der Waals surface area (Å²) >= 11 is 2.05. The molecule has 0 aromatic rings. The van der Waals surface area contributed by atoms with E-state index in [0.717, 1.165) is 38.8 Å². The summed E-state index contributed by atoms with van der Waals surface area (Å²) < 4.78 is 5.55. The zero-order valence-electron chi connectivity index (χ0n) is 13.0. The van der Waals surface area contributed by atoms with Crippen LogP contribution in [0.15, 0.2) is 4.99 Å². The number of hydrogen-bond donors (Lipinski definition) is 2. The molecule has 1 unspecified atom stereocenters. The Morgan fingerprint density at radius 2 is 2.20 bits per heavy atom. The SMILES string of the molecule is CCNC(=NCC1CCCS1)NCCOCC(C)C.I. The molecular formula is C14H30IN3OS. The van der Waals surface area contributed by atoms with Crippen LogP contribution in [0.1, 0.15) is 33.6 Å². The number of aliphatic imine (C=N–C) groups is 1. The Balaban J connectivity index is 0.00000361. The van der Waals surface area contributed by atoms with Crippen LogP contribution < -0.4 is 10.6 Å². The van der Waals surface area contributed by atoms with E-state index in [2.05, 4.69) is 48.2 Å². The Kier molecular flexibility index (Phi) is 13.2. The van der Waals surface area contributed by atoms with Crippen LogP contribution in [0.5, 0.6) is 0 Å². The molecule has 1 aliphatic rings. The van der Waals surface area contributed by atoms with Crippen LogP contribution in [0.4, 0.5) is 0 Å². The van der Waals surface area contributed by atoms with Crippen LogP contribution in [-0.4, -0.2) is 49.8 Å². The number of halogens is 1. The van der Waals surface area contributed by atoms with Crippen molar-refractivity contribution >= 4 is 41.7 Å². The second kappa shape index (κ2) is 13.0. The number of thioether (sulfide) groups is 1. The molecule has 0 saturated carbocycles. The Bertz CT molecular complexity index is 259. The maximum atomic E-state index is 5.55. The lowest BCUT2D eigenvalue weighted by atomic mass is 10.2. The Morgan fingerprint density at radius 1 is 1.40 bits per heavy atom. The van der Waals surface area contributed by atoms with Crippen molar-refractivity contribution in [2.45, 2.75) is 38.9 Å². The molecule has 0 radical (unpaired) electrons. The monoisotopic (exact) mass is 415 g/mol. The molecule has 0 aliphatic carbocycles. The van der Waals surface area contributed by atoms with Gasteiger partial charge in [0.2, 0.25) is 0 Å². The molecule has 0 bridgehead atoms. The molecule has 0 aromatic carbocycles. The lowest BCUT2D eigenvalue weighted by molar-refractivity contribution is 0.114. The van der Waals surface area contributed by atoms with E-state index >= 15 is 0 Å². The second-order valence-corrected chi connectivity index (χ2v) is 6.66. The van der Waals surface area contributed by atoms with Gasteiger partial charge in [-0.05, 0) is 31.4 Å². The van der Waals surface area contributed by atoms with Gasteiger partial charge in [-0.3, -0.25) is 4.99 Å². The number of nitrogens with one attached hydrogen (secondary N) is 2. The molecule has 2 N–H and O–H groups in total. The molecule has 1 rings (SSSR count). The number of rotatable bonds is 8. The third kappa shape index (κ3) is 10.1. The van der Waals surface area contributed by atoms with Gasteiger partial charge in [-0.2, -0.15) is 11.8 Å². The number of guanidine groups is 1. The summed E-state index contributed by atoms with van der Waals surface area (Å²) in [5.74, 6) is 2.82. The summed E-state index contributed by atoms with van der Waals surface area (Å²) in [5.41, 5.74) is 0. The summed E-state index contributed by atoms with van der Waals surface area (Å²) in [6, 6.07) is 0. The molecular weight excluding hydrogens is 385 g/mol. The number of hydrogen-bond acceptors (Lipinski definition) is 3. The highest BCUT2D eigenvalue weighted by atomic mass is 127. The van der Waals surface area contributed by atoms with Gasteiger partial charge in [0.05, 0.1) is 13.2 Å². The van der Waals surface area contributed by atoms with Crippen molar-refractivity contribution in [3.63, 3.8) is 0 Å². The van der Waals surface area contributed by atoms with Gasteiger partial charge in [0.25, 0.3) is 0 Å². The van der Waals surface area contributed by atoms with Crippen molar-refractivity contribution in [2.75, 3.05) is 38.6 Å². The van der Waals surface area contributed by atoms with Crippen LogP contribution in [0.3, 0.4) is 0 Å². The van der Waals surface area contributed by atoms with Crippen LogP contribution >= 0.6 is 35.7 Å². The molecule has 4 nitrogen and oxygen atoms in total. The average Bonchev–Trinajstić information content (AvgIpc) is 2.88. The molecule has 1 atom stereocenters. The highest BCUT2D eigenvalue weighted by Crippen LogP contribution is 2.25. The Morgan fingerprint density at radius 3 is 2.80 bits per heavy atom. The van der Waals surface area contributed by atoms with E-state index in [-0.39, 0.29) is 24.0 Å². The van der Waals surface area contributed by atoms with Crippen LogP contribution in [0.2, 0.25) is 0 Å². The van der Waals surface area contributed by atoms with Crippen molar-refractivity contribution in [1.82, 2.24) is 10.6 Å². The van der Waals surface area contributed by atoms with Gasteiger partial charge in [0, 0.05) is 24.9 Å². The van der Waals surface area contributed by atoms with E-state index in [0.29, 0.717) is 11.2 Å². The zero-order valence-corrected chi connectivity index (χ0v) is 16.1. The van der Waals surface area contributed by atoms with Crippen molar-refractivity contribution in [2.24, 2.45) is 10.9 Å². The molecule has 1 heterocycles. The smallest absolute Gasteiger partial charge is 0.191 e. The molecule has 1 saturated heterocycles. The predicted octanol–water partition coefficient (Wildman–Crippen LogP) is 2.73. The molecule has 20 heavy (non-hydrogen) atoms. The first kappa shape index (κ1) is 20.3. The minimum Gasteiger partial charge on any atom is -0.379 e. The first-order valence-corrected chi connectivity index (χ1v) is 8.48. The largest absolute Gasteiger partial charge is 0.379 e. The Hall–Kier alpha value is 0.310. The van der Waals surface area contributed by atoms with Gasteiger partial charge in [-0.1, -0.05) is 13.8 Å². The first-order chi connectivity index (χ1) is 9.22. The fourth-order valence-electron chi connectivity index (χ4n) is 1.88. The second-order valence-electron chi connectivity index (χ2n) is 5.25. The molecule has 0 amide bonds. The van der Waals surface area contributed by atoms with Crippen LogP contribution in [-0.2, 0) is 4.74 Å². The standard InChI is InChI=1S/C14H29N3OS.HI/c1-4-15-14(16-7-8-18-11-12(2)3)17-10-13-6-5-9-19-13;/h12-13H,4-11H2,1-3H3,(H2,15,16,17);1H. The minimum atomic E-state index is 0. The summed E-state index contributed by atoms with van der Waals surface area (Å²) in [6.45, 7) is 10.6. The third-order valence-corrected chi connectivity index (χ3v) is 4.19. The minimum absolute atomic E-state index is 0. The molecule has 1 aliphatic heterocycles. The van der Waals surface area contributed by atoms with E-state index < -0.39 is 0 Å². The molecule has 0 aromatic heterocycles. The van der Waals surface area contributed by atoms with Gasteiger partial charge in [0.15, 0.2) is 5.96 Å². The summed E-state index contributed by atoms with van der Waals surface area (Å²) in [4.78, 5) is 4.65. The van der Waals surface area contributed by atoms with E-state index in [1.165, 1.54) is 18.6 Å². The molecule has 120 valence electrons. The van der Waals surface area contributed by atoms with Crippen LogP contribution in [0, 0.1) is 5.92 Å². The highest BCUT2D eigenvalue weighted by molar-refractivity contribution is 14.0. The Labute approximate surface area is 145 Å². The normalized spacial score (nSPS) is 19.0. The van der Waals surface area contributed by atoms with E-state index in [1.54, 1.807) is 0 Å². The van der Waals surface area contributed by atoms with E-state index in [1.807, 2.05) is 0 Å². The topological polar surface area (TPSA) is 45.7 Å². The maximum absolute atomic E-state index is 5.55. The third-order valence-electron chi connectivity index (χ3n) is 2.81. The van der Waals surface area contributed by atoms with Crippen molar-refractivity contribution < 1.29 is 4.74 Å². The first-order valence-electron chi connectivity index (χ1n) is 7.44. The lowest BCUT2D eigenvalue weighted by Crippen LogP contribution is -2.39. The van der Waals surface area contributed by atoms with Gasteiger partial charge >= 0.3 is 0 Å². The van der Waals surface area contributed by atoms with Crippen molar-refractivity contribution in [3.05, 3.63) is 0 Å². The lowest BCUT2D eigenvalue weighted by Gasteiger charge is -2.13. The molecule has 0 spiro atoms. The fourth-order valence-corrected chi connectivity index (χ4v) is 3.06. The summed E-state index contributed by atoms with van der Waals surface area (Å²) in [5, 5.41) is 7.32. The summed E-state index contributed by atoms with van der Waals surface area (Å²) in [6.07, 6.45) is 2.66. The number of nitrogens with zero attached hydrogens (tertiary/aromatic N) is 1. The van der Waals surface area contributed by atoms with Crippen LogP contribution in [0.25, 0.3) is 0 Å². The fraction of sp³-hybridized carbons (Fsp3) is 0.929. The predicted molar refractivity (Wildman–Crippen MR) is 101 cm³/mol. The summed E-state index contributed by atoms with van der Waals surface area (Å²) in [7, 11) is 0. The van der Waals surface area contributed by atoms with Gasteiger partial charge in [0.1, 0.15) is 0 Å². The van der Waals surface area contributed by atoms with Gasteiger partial charge < -0.3 is 15.4 Å². The molecule has 6 heteroatoms. The highest BCUT2D eigenvalue weighted by Gasteiger charge is 2.14. The van der Waals surface area contributed by atoms with Gasteiger partial charge in [-0.15, -0.1) is 24.0 Å². The average molecular weight is 415 g/mol. The van der Waals surface area contributed by atoms with E-state index in [4.69, 9.17) is 4.74 Å². The van der Waals surface area contributed by atoms with Crippen molar-refractivity contribution in [3.8, 4) is 0 Å². The molecule has 1 fully saturated rings.